The normalized spacial score (nSPS) is 14.5. The minimum absolute atomic E-state index is 0. The zero-order chi connectivity index (χ0) is 16.1. The van der Waals surface area contributed by atoms with Crippen LogP contribution in [-0.2, 0) is 4.79 Å². The third kappa shape index (κ3) is 5.39. The Morgan fingerprint density at radius 2 is 2.04 bits per heavy atom. The van der Waals surface area contributed by atoms with E-state index < -0.39 is 0 Å². The Morgan fingerprint density at radius 1 is 1.28 bits per heavy atom. The number of likely N-dealkylation sites (tertiary alicyclic amines) is 1. The van der Waals surface area contributed by atoms with Crippen LogP contribution in [0.15, 0.2) is 28.9 Å². The van der Waals surface area contributed by atoms with Gasteiger partial charge in [0.1, 0.15) is 5.69 Å². The first-order valence-electron chi connectivity index (χ1n) is 8.01. The standard InChI is InChI=1S/C16H21N5O2.2ClH/c17-8-3-5-14(22)21-10-6-12(7-11-21)16-19-15(20-23-16)13-4-1-2-9-18-13;;/h1-2,4,9,12H,3,5-8,10-11,17H2;2*1H. The number of pyridine rings is 1. The smallest absolute Gasteiger partial charge is 0.230 e. The van der Waals surface area contributed by atoms with Crippen LogP contribution in [0.2, 0.25) is 0 Å². The van der Waals surface area contributed by atoms with Crippen LogP contribution in [0.1, 0.15) is 37.5 Å². The summed E-state index contributed by atoms with van der Waals surface area (Å²) < 4.78 is 5.40. The van der Waals surface area contributed by atoms with Gasteiger partial charge in [-0.05, 0) is 37.9 Å². The third-order valence-corrected chi connectivity index (χ3v) is 4.13. The Labute approximate surface area is 159 Å². The van der Waals surface area contributed by atoms with Crippen LogP contribution in [0.4, 0.5) is 0 Å². The molecule has 25 heavy (non-hydrogen) atoms. The van der Waals surface area contributed by atoms with E-state index in [4.69, 9.17) is 10.3 Å². The molecule has 0 radical (unpaired) electrons. The molecule has 2 aromatic rings. The molecule has 1 saturated heterocycles. The van der Waals surface area contributed by atoms with Crippen molar-refractivity contribution in [3.05, 3.63) is 30.3 Å². The molecule has 3 heterocycles. The first-order valence-corrected chi connectivity index (χ1v) is 8.01. The van der Waals surface area contributed by atoms with Crippen molar-refractivity contribution in [2.45, 2.75) is 31.6 Å². The molecule has 1 aliphatic rings. The summed E-state index contributed by atoms with van der Waals surface area (Å²) in [5.41, 5.74) is 6.16. The molecular formula is C16H23Cl2N5O2. The molecule has 0 saturated carbocycles. The highest BCUT2D eigenvalue weighted by molar-refractivity contribution is 5.85. The van der Waals surface area contributed by atoms with Gasteiger partial charge in [0.25, 0.3) is 0 Å². The van der Waals surface area contributed by atoms with Gasteiger partial charge in [-0.2, -0.15) is 4.98 Å². The van der Waals surface area contributed by atoms with Crippen LogP contribution in [0.25, 0.3) is 11.5 Å². The molecule has 0 unspecified atom stereocenters. The van der Waals surface area contributed by atoms with E-state index in [1.165, 1.54) is 0 Å². The predicted molar refractivity (Wildman–Crippen MR) is 98.9 cm³/mol. The van der Waals surface area contributed by atoms with E-state index in [9.17, 15) is 4.79 Å². The molecule has 0 aromatic carbocycles. The van der Waals surface area contributed by atoms with Crippen LogP contribution in [0, 0.1) is 0 Å². The molecule has 2 N–H and O–H groups in total. The number of aromatic nitrogens is 3. The van der Waals surface area contributed by atoms with Crippen molar-refractivity contribution in [3.63, 3.8) is 0 Å². The first kappa shape index (κ1) is 21.3. The molecule has 2 aromatic heterocycles. The van der Waals surface area contributed by atoms with Crippen molar-refractivity contribution < 1.29 is 9.32 Å². The highest BCUT2D eigenvalue weighted by Gasteiger charge is 2.27. The summed E-state index contributed by atoms with van der Waals surface area (Å²) in [5, 5.41) is 4.01. The lowest BCUT2D eigenvalue weighted by Crippen LogP contribution is -2.38. The summed E-state index contributed by atoms with van der Waals surface area (Å²) in [6.45, 7) is 2.02. The SMILES string of the molecule is Cl.Cl.NCCCC(=O)N1CCC(c2nc(-c3ccccn3)no2)CC1. The van der Waals surface area contributed by atoms with Crippen LogP contribution in [0.5, 0.6) is 0 Å². The molecule has 138 valence electrons. The monoisotopic (exact) mass is 387 g/mol. The predicted octanol–water partition coefficient (Wildman–Crippen LogP) is 2.42. The van der Waals surface area contributed by atoms with Gasteiger partial charge in [0.2, 0.25) is 17.6 Å². The molecule has 0 atom stereocenters. The van der Waals surface area contributed by atoms with Crippen LogP contribution < -0.4 is 5.73 Å². The van der Waals surface area contributed by atoms with Gasteiger partial charge < -0.3 is 15.2 Å². The molecule has 0 spiro atoms. The lowest BCUT2D eigenvalue weighted by atomic mass is 9.96. The average molecular weight is 388 g/mol. The van der Waals surface area contributed by atoms with Gasteiger partial charge in [-0.3, -0.25) is 9.78 Å². The van der Waals surface area contributed by atoms with Crippen LogP contribution >= 0.6 is 24.8 Å². The summed E-state index contributed by atoms with van der Waals surface area (Å²) in [6.07, 6.45) is 4.68. The zero-order valence-electron chi connectivity index (χ0n) is 13.8. The lowest BCUT2D eigenvalue weighted by Gasteiger charge is -2.30. The van der Waals surface area contributed by atoms with E-state index in [-0.39, 0.29) is 36.6 Å². The minimum Gasteiger partial charge on any atom is -0.343 e. The van der Waals surface area contributed by atoms with Gasteiger partial charge in [-0.15, -0.1) is 24.8 Å². The van der Waals surface area contributed by atoms with E-state index >= 15 is 0 Å². The van der Waals surface area contributed by atoms with Gasteiger partial charge in [0.15, 0.2) is 0 Å². The van der Waals surface area contributed by atoms with Crippen LogP contribution in [0.3, 0.4) is 0 Å². The van der Waals surface area contributed by atoms with Crippen molar-refractivity contribution >= 4 is 30.7 Å². The second kappa shape index (κ2) is 10.3. The highest BCUT2D eigenvalue weighted by atomic mass is 35.5. The summed E-state index contributed by atoms with van der Waals surface area (Å²) in [5.74, 6) is 1.55. The van der Waals surface area contributed by atoms with Crippen molar-refractivity contribution in [2.24, 2.45) is 5.73 Å². The Balaban J connectivity index is 0.00000156. The Morgan fingerprint density at radius 3 is 2.68 bits per heavy atom. The molecule has 9 heteroatoms. The molecule has 0 aliphatic carbocycles. The summed E-state index contributed by atoms with van der Waals surface area (Å²) in [6, 6.07) is 5.60. The van der Waals surface area contributed by atoms with E-state index in [1.54, 1.807) is 6.20 Å². The van der Waals surface area contributed by atoms with Gasteiger partial charge in [-0.1, -0.05) is 11.2 Å². The Kier molecular flexibility index (Phi) is 8.82. The van der Waals surface area contributed by atoms with Gasteiger partial charge in [0.05, 0.1) is 0 Å². The number of halogens is 2. The maximum Gasteiger partial charge on any atom is 0.230 e. The largest absolute Gasteiger partial charge is 0.343 e. The van der Waals surface area contributed by atoms with E-state index in [1.807, 2.05) is 23.1 Å². The van der Waals surface area contributed by atoms with E-state index in [0.717, 1.165) is 32.4 Å². The fourth-order valence-corrected chi connectivity index (χ4v) is 2.79. The maximum atomic E-state index is 12.0. The molecule has 1 amide bonds. The zero-order valence-corrected chi connectivity index (χ0v) is 15.5. The number of nitrogens with zero attached hydrogens (tertiary/aromatic N) is 4. The van der Waals surface area contributed by atoms with Crippen molar-refractivity contribution in [2.75, 3.05) is 19.6 Å². The number of nitrogens with two attached hydrogens (primary N) is 1. The molecular weight excluding hydrogens is 365 g/mol. The van der Waals surface area contributed by atoms with Crippen molar-refractivity contribution in [1.82, 2.24) is 20.0 Å². The number of carbonyl (C=O) groups is 1. The quantitative estimate of drug-likeness (QED) is 0.845. The summed E-state index contributed by atoms with van der Waals surface area (Å²) in [4.78, 5) is 22.6. The third-order valence-electron chi connectivity index (χ3n) is 4.13. The average Bonchev–Trinajstić information content (AvgIpc) is 3.11. The topological polar surface area (TPSA) is 98.1 Å². The second-order valence-corrected chi connectivity index (χ2v) is 5.72. The molecule has 3 rings (SSSR count). The lowest BCUT2D eigenvalue weighted by molar-refractivity contribution is -0.132. The van der Waals surface area contributed by atoms with Gasteiger partial charge in [0, 0.05) is 31.6 Å². The number of rotatable bonds is 5. The van der Waals surface area contributed by atoms with Gasteiger partial charge >= 0.3 is 0 Å². The number of hydrogen-bond acceptors (Lipinski definition) is 6. The van der Waals surface area contributed by atoms with Gasteiger partial charge in [-0.25, -0.2) is 0 Å². The summed E-state index contributed by atoms with van der Waals surface area (Å²) >= 11 is 0. The Hall–Kier alpha value is -1.70. The highest BCUT2D eigenvalue weighted by Crippen LogP contribution is 2.28. The second-order valence-electron chi connectivity index (χ2n) is 5.72. The maximum absolute atomic E-state index is 12.0. The Bertz CT molecular complexity index is 645. The minimum atomic E-state index is 0. The fraction of sp³-hybridized carbons (Fsp3) is 0.500. The number of carbonyl (C=O) groups excluding carboxylic acids is 1. The van der Waals surface area contributed by atoms with Crippen molar-refractivity contribution in [1.29, 1.82) is 0 Å². The van der Waals surface area contributed by atoms with Crippen molar-refractivity contribution in [3.8, 4) is 11.5 Å². The first-order chi connectivity index (χ1) is 11.3. The van der Waals surface area contributed by atoms with E-state index in [0.29, 0.717) is 30.4 Å². The van der Waals surface area contributed by atoms with E-state index in [2.05, 4.69) is 15.1 Å². The fourth-order valence-electron chi connectivity index (χ4n) is 2.79. The molecule has 1 aliphatic heterocycles. The van der Waals surface area contributed by atoms with Crippen LogP contribution in [-0.4, -0.2) is 45.6 Å². The number of hydrogen-bond donors (Lipinski definition) is 1. The molecule has 0 bridgehead atoms. The molecule has 1 fully saturated rings. The number of amides is 1. The number of piperidine rings is 1. The molecule has 7 nitrogen and oxygen atoms in total. The summed E-state index contributed by atoms with van der Waals surface area (Å²) in [7, 11) is 0.